The van der Waals surface area contributed by atoms with E-state index in [1.165, 1.54) is 0 Å². The lowest BCUT2D eigenvalue weighted by Gasteiger charge is -2.35. The van der Waals surface area contributed by atoms with E-state index in [-0.39, 0.29) is 24.1 Å². The van der Waals surface area contributed by atoms with Gasteiger partial charge < -0.3 is 24.8 Å². The molecule has 6 nitrogen and oxygen atoms in total. The van der Waals surface area contributed by atoms with E-state index in [4.69, 9.17) is 9.47 Å². The Morgan fingerprint density at radius 3 is 2.75 bits per heavy atom. The molecule has 0 bridgehead atoms. The number of hydrogen-bond acceptors (Lipinski definition) is 4. The molecule has 3 fully saturated rings. The number of ether oxygens (including phenoxy) is 2. The largest absolute Gasteiger partial charge is 0.494 e. The number of carbonyl (C=O) groups is 1. The number of fused-ring (bicyclic) bond motifs is 1. The zero-order valence-electron chi connectivity index (χ0n) is 16.7. The zero-order valence-corrected chi connectivity index (χ0v) is 16.7. The average molecular weight is 389 g/mol. The van der Waals surface area contributed by atoms with Crippen molar-refractivity contribution in [2.75, 3.05) is 19.7 Å². The Bertz CT molecular complexity index is 680. The summed E-state index contributed by atoms with van der Waals surface area (Å²) < 4.78 is 11.9. The maximum absolute atomic E-state index is 12.7. The van der Waals surface area contributed by atoms with E-state index in [9.17, 15) is 9.90 Å². The molecule has 4 atom stereocenters. The molecule has 0 spiro atoms. The van der Waals surface area contributed by atoms with Crippen molar-refractivity contribution in [2.45, 2.75) is 69.6 Å². The summed E-state index contributed by atoms with van der Waals surface area (Å²) in [6, 6.07) is 7.77. The van der Waals surface area contributed by atoms with E-state index in [0.29, 0.717) is 26.1 Å². The summed E-state index contributed by atoms with van der Waals surface area (Å²) in [5, 5.41) is 13.4. The number of piperidine rings is 1. The molecule has 0 aromatic heterocycles. The molecule has 3 aliphatic rings. The second-order valence-corrected chi connectivity index (χ2v) is 8.52. The average Bonchev–Trinajstić information content (AvgIpc) is 3.39. The third kappa shape index (κ3) is 4.37. The smallest absolute Gasteiger partial charge is 0.317 e. The summed E-state index contributed by atoms with van der Waals surface area (Å²) in [5.41, 5.74) is -0.486. The van der Waals surface area contributed by atoms with E-state index >= 15 is 0 Å². The molecule has 154 valence electrons. The number of hydrogen-bond donors (Lipinski definition) is 2. The highest BCUT2D eigenvalue weighted by Crippen LogP contribution is 2.49. The molecule has 2 unspecified atom stereocenters. The molecule has 2 aliphatic carbocycles. The van der Waals surface area contributed by atoms with Crippen molar-refractivity contribution in [1.82, 2.24) is 10.2 Å². The molecule has 1 aliphatic heterocycles. The first kappa shape index (κ1) is 19.4. The Kier molecular flexibility index (Phi) is 5.67. The molecule has 2 N–H and O–H groups in total. The number of rotatable bonds is 6. The maximum Gasteiger partial charge on any atom is 0.317 e. The topological polar surface area (TPSA) is 71.0 Å². The van der Waals surface area contributed by atoms with Crippen LogP contribution < -0.4 is 14.8 Å². The molecule has 1 aromatic rings. The number of urea groups is 1. The third-order valence-corrected chi connectivity index (χ3v) is 6.34. The van der Waals surface area contributed by atoms with E-state index in [0.717, 1.165) is 50.0 Å². The fraction of sp³-hybridized carbons (Fsp3) is 0.682. The van der Waals surface area contributed by atoms with Crippen LogP contribution in [0.2, 0.25) is 0 Å². The SMILES string of the molecule is CCCOc1ccc(OC2CCCCC2NC(=O)N2CC[C@@]3(O)C[C@H]3C2)cc1. The first-order valence-corrected chi connectivity index (χ1v) is 10.7. The van der Waals surface area contributed by atoms with Gasteiger partial charge in [-0.15, -0.1) is 0 Å². The highest BCUT2D eigenvalue weighted by Gasteiger charge is 2.56. The van der Waals surface area contributed by atoms with Gasteiger partial charge >= 0.3 is 6.03 Å². The molecule has 4 rings (SSSR count). The fourth-order valence-electron chi connectivity index (χ4n) is 4.44. The molecular formula is C22H32N2O4. The summed E-state index contributed by atoms with van der Waals surface area (Å²) in [5.74, 6) is 1.93. The van der Waals surface area contributed by atoms with Gasteiger partial charge in [0, 0.05) is 19.0 Å². The summed E-state index contributed by atoms with van der Waals surface area (Å²) >= 11 is 0. The van der Waals surface area contributed by atoms with Crippen LogP contribution in [0.15, 0.2) is 24.3 Å². The van der Waals surface area contributed by atoms with Crippen molar-refractivity contribution in [3.63, 3.8) is 0 Å². The standard InChI is InChI=1S/C22H32N2O4/c1-2-13-27-17-7-9-18(10-8-17)28-20-6-4-3-5-19(20)23-21(25)24-12-11-22(26)14-16(22)15-24/h7-10,16,19-20,26H,2-6,11-15H2,1H3,(H,23,25)/t16-,19?,20?,22+/m0/s1. The molecule has 1 heterocycles. The van der Waals surface area contributed by atoms with Crippen LogP contribution >= 0.6 is 0 Å². The van der Waals surface area contributed by atoms with Crippen molar-refractivity contribution in [3.8, 4) is 11.5 Å². The second-order valence-electron chi connectivity index (χ2n) is 8.52. The van der Waals surface area contributed by atoms with E-state index in [1.54, 1.807) is 0 Å². The summed E-state index contributed by atoms with van der Waals surface area (Å²) in [7, 11) is 0. The van der Waals surface area contributed by atoms with Gasteiger partial charge in [0.1, 0.15) is 17.6 Å². The van der Waals surface area contributed by atoms with Gasteiger partial charge in [0.2, 0.25) is 0 Å². The summed E-state index contributed by atoms with van der Waals surface area (Å²) in [6.07, 6.45) is 6.62. The highest BCUT2D eigenvalue weighted by atomic mass is 16.5. The van der Waals surface area contributed by atoms with Crippen LogP contribution in [0, 0.1) is 5.92 Å². The fourth-order valence-corrected chi connectivity index (χ4v) is 4.44. The van der Waals surface area contributed by atoms with Gasteiger partial charge in [-0.2, -0.15) is 0 Å². The number of amides is 2. The highest BCUT2D eigenvalue weighted by molar-refractivity contribution is 5.75. The van der Waals surface area contributed by atoms with Crippen molar-refractivity contribution in [3.05, 3.63) is 24.3 Å². The Morgan fingerprint density at radius 2 is 2.00 bits per heavy atom. The molecule has 1 aromatic carbocycles. The summed E-state index contributed by atoms with van der Waals surface area (Å²) in [4.78, 5) is 14.6. The number of benzene rings is 1. The van der Waals surface area contributed by atoms with E-state index in [1.807, 2.05) is 29.2 Å². The zero-order chi connectivity index (χ0) is 19.6. The van der Waals surface area contributed by atoms with E-state index < -0.39 is 5.60 Å². The normalized spacial score (nSPS) is 31.6. The minimum Gasteiger partial charge on any atom is -0.494 e. The Labute approximate surface area is 167 Å². The number of carbonyl (C=O) groups excluding carboxylic acids is 1. The van der Waals surface area contributed by atoms with Crippen molar-refractivity contribution in [1.29, 1.82) is 0 Å². The first-order chi connectivity index (χ1) is 13.6. The lowest BCUT2D eigenvalue weighted by molar-refractivity contribution is 0.0695. The monoisotopic (exact) mass is 388 g/mol. The van der Waals surface area contributed by atoms with Crippen molar-refractivity contribution >= 4 is 6.03 Å². The number of aliphatic hydroxyl groups is 1. The van der Waals surface area contributed by atoms with Crippen LogP contribution in [-0.4, -0.2) is 53.5 Å². The lowest BCUT2D eigenvalue weighted by Crippen LogP contribution is -2.54. The van der Waals surface area contributed by atoms with Crippen LogP contribution in [-0.2, 0) is 0 Å². The van der Waals surface area contributed by atoms with Crippen LogP contribution in [0.5, 0.6) is 11.5 Å². The van der Waals surface area contributed by atoms with Crippen LogP contribution in [0.1, 0.15) is 51.9 Å². The van der Waals surface area contributed by atoms with Gasteiger partial charge in [0.25, 0.3) is 0 Å². The van der Waals surface area contributed by atoms with Gasteiger partial charge in [-0.3, -0.25) is 0 Å². The van der Waals surface area contributed by atoms with Crippen LogP contribution in [0.4, 0.5) is 4.79 Å². The predicted molar refractivity (Wildman–Crippen MR) is 107 cm³/mol. The van der Waals surface area contributed by atoms with Gasteiger partial charge in [-0.1, -0.05) is 13.3 Å². The van der Waals surface area contributed by atoms with Gasteiger partial charge in [0.15, 0.2) is 0 Å². The minimum absolute atomic E-state index is 0.0113. The molecule has 1 saturated heterocycles. The van der Waals surface area contributed by atoms with Crippen molar-refractivity contribution in [2.24, 2.45) is 5.92 Å². The number of likely N-dealkylation sites (tertiary alicyclic amines) is 1. The van der Waals surface area contributed by atoms with Crippen molar-refractivity contribution < 1.29 is 19.4 Å². The van der Waals surface area contributed by atoms with Gasteiger partial charge in [-0.25, -0.2) is 4.79 Å². The molecule has 28 heavy (non-hydrogen) atoms. The quantitative estimate of drug-likeness (QED) is 0.784. The number of nitrogens with one attached hydrogen (secondary N) is 1. The molecule has 2 amide bonds. The van der Waals surface area contributed by atoms with Crippen LogP contribution in [0.3, 0.4) is 0 Å². The van der Waals surface area contributed by atoms with Gasteiger partial charge in [0.05, 0.1) is 18.2 Å². The number of nitrogens with zero attached hydrogens (tertiary/aromatic N) is 1. The van der Waals surface area contributed by atoms with Gasteiger partial charge in [-0.05, 0) is 62.8 Å². The predicted octanol–water partition coefficient (Wildman–Crippen LogP) is 3.33. The molecule has 0 radical (unpaired) electrons. The molecular weight excluding hydrogens is 356 g/mol. The Balaban J connectivity index is 1.32. The Hall–Kier alpha value is -1.95. The molecule has 6 heteroatoms. The van der Waals surface area contributed by atoms with E-state index in [2.05, 4.69) is 12.2 Å². The molecule has 2 saturated carbocycles. The van der Waals surface area contributed by atoms with Crippen LogP contribution in [0.25, 0.3) is 0 Å². The second kappa shape index (κ2) is 8.19. The summed E-state index contributed by atoms with van der Waals surface area (Å²) in [6.45, 7) is 4.10. The minimum atomic E-state index is -0.486. The lowest BCUT2D eigenvalue weighted by atomic mass is 9.92. The Morgan fingerprint density at radius 1 is 1.25 bits per heavy atom. The first-order valence-electron chi connectivity index (χ1n) is 10.7. The maximum atomic E-state index is 12.7. The third-order valence-electron chi connectivity index (χ3n) is 6.34.